The first kappa shape index (κ1) is 18.8. The molecule has 140 valence electrons. The normalized spacial score (nSPS) is 11.0. The Kier molecular flexibility index (Phi) is 5.69. The van der Waals surface area contributed by atoms with Gasteiger partial charge in [-0.05, 0) is 24.6 Å². The van der Waals surface area contributed by atoms with E-state index in [1.54, 1.807) is 19.3 Å². The molecular formula is C18H18N4O4S. The number of aromatic nitrogens is 2. The van der Waals surface area contributed by atoms with Crippen LogP contribution in [-0.4, -0.2) is 34.5 Å². The smallest absolute Gasteiger partial charge is 0.348 e. The Morgan fingerprint density at radius 1 is 1.48 bits per heavy atom. The molecule has 0 fully saturated rings. The summed E-state index contributed by atoms with van der Waals surface area (Å²) in [5.41, 5.74) is 0.274. The van der Waals surface area contributed by atoms with Gasteiger partial charge in [0.1, 0.15) is 21.3 Å². The molecule has 9 heteroatoms. The van der Waals surface area contributed by atoms with Gasteiger partial charge in [-0.3, -0.25) is 9.69 Å². The van der Waals surface area contributed by atoms with Crippen molar-refractivity contribution in [2.45, 2.75) is 26.4 Å². The van der Waals surface area contributed by atoms with Gasteiger partial charge < -0.3 is 14.1 Å². The minimum absolute atomic E-state index is 0.294. The molecule has 0 unspecified atom stereocenters. The molecule has 1 N–H and O–H groups in total. The van der Waals surface area contributed by atoms with Crippen molar-refractivity contribution in [3.8, 4) is 6.07 Å². The number of rotatable bonds is 7. The van der Waals surface area contributed by atoms with Crippen LogP contribution in [0.4, 0.5) is 0 Å². The van der Waals surface area contributed by atoms with Gasteiger partial charge in [0.25, 0.3) is 5.56 Å². The predicted octanol–water partition coefficient (Wildman–Crippen LogP) is 2.59. The second kappa shape index (κ2) is 8.16. The van der Waals surface area contributed by atoms with E-state index in [1.165, 1.54) is 7.11 Å². The monoisotopic (exact) mass is 386 g/mol. The molecule has 0 aliphatic carbocycles. The van der Waals surface area contributed by atoms with E-state index < -0.39 is 5.97 Å². The first-order chi connectivity index (χ1) is 13.0. The van der Waals surface area contributed by atoms with Crippen LogP contribution in [0.15, 0.2) is 27.6 Å². The maximum absolute atomic E-state index is 12.5. The molecule has 8 nitrogen and oxygen atoms in total. The number of aryl methyl sites for hydroxylation is 1. The third-order valence-electron chi connectivity index (χ3n) is 4.09. The highest BCUT2D eigenvalue weighted by atomic mass is 32.1. The third-order valence-corrected chi connectivity index (χ3v) is 5.26. The van der Waals surface area contributed by atoms with Gasteiger partial charge in [0.2, 0.25) is 0 Å². The summed E-state index contributed by atoms with van der Waals surface area (Å²) in [7, 11) is 1.30. The molecule has 0 aliphatic rings. The zero-order chi connectivity index (χ0) is 19.4. The maximum atomic E-state index is 12.5. The fourth-order valence-electron chi connectivity index (χ4n) is 2.81. The molecule has 3 aromatic rings. The average molecular weight is 386 g/mol. The Morgan fingerprint density at radius 2 is 2.30 bits per heavy atom. The van der Waals surface area contributed by atoms with E-state index in [2.05, 4.69) is 16.0 Å². The molecule has 27 heavy (non-hydrogen) atoms. The van der Waals surface area contributed by atoms with Gasteiger partial charge in [0.15, 0.2) is 0 Å². The van der Waals surface area contributed by atoms with Crippen LogP contribution in [-0.2, 0) is 17.8 Å². The Labute approximate surface area is 159 Å². The number of hydrogen-bond acceptors (Lipinski definition) is 8. The number of carbonyl (C=O) groups is 1. The number of ether oxygens (including phenoxy) is 1. The number of thiophene rings is 1. The van der Waals surface area contributed by atoms with Gasteiger partial charge in [0.05, 0.1) is 37.9 Å². The summed E-state index contributed by atoms with van der Waals surface area (Å²) in [6, 6.07) is 5.77. The second-order valence-electron chi connectivity index (χ2n) is 5.94. The van der Waals surface area contributed by atoms with Crippen molar-refractivity contribution in [1.29, 1.82) is 5.26 Å². The lowest BCUT2D eigenvalue weighted by molar-refractivity contribution is 0.0605. The highest BCUT2D eigenvalue weighted by Crippen LogP contribution is 2.27. The Bertz CT molecular complexity index is 1050. The second-order valence-corrected chi connectivity index (χ2v) is 6.94. The molecule has 3 heterocycles. The SMILES string of the molecule is COC(=O)c1sc2nc(CN(CCC#N)Cc3ccco3)[nH]c(=O)c2c1C. The number of methoxy groups -OCH3 is 1. The predicted molar refractivity (Wildman–Crippen MR) is 99.4 cm³/mol. The topological polar surface area (TPSA) is 112 Å². The highest BCUT2D eigenvalue weighted by molar-refractivity contribution is 7.20. The lowest BCUT2D eigenvalue weighted by Gasteiger charge is -2.19. The molecule has 0 saturated carbocycles. The minimum Gasteiger partial charge on any atom is -0.468 e. The van der Waals surface area contributed by atoms with Crippen molar-refractivity contribution in [2.75, 3.05) is 13.7 Å². The average Bonchev–Trinajstić information content (AvgIpc) is 3.27. The number of esters is 1. The van der Waals surface area contributed by atoms with Gasteiger partial charge in [-0.15, -0.1) is 11.3 Å². The fourth-order valence-corrected chi connectivity index (χ4v) is 3.93. The van der Waals surface area contributed by atoms with Crippen molar-refractivity contribution >= 4 is 27.5 Å². The summed E-state index contributed by atoms with van der Waals surface area (Å²) in [5, 5.41) is 9.29. The van der Waals surface area contributed by atoms with Crippen LogP contribution in [0.25, 0.3) is 10.2 Å². The molecule has 0 bridgehead atoms. The van der Waals surface area contributed by atoms with E-state index in [-0.39, 0.29) is 5.56 Å². The highest BCUT2D eigenvalue weighted by Gasteiger charge is 2.20. The lowest BCUT2D eigenvalue weighted by atomic mass is 10.2. The molecule has 0 saturated heterocycles. The lowest BCUT2D eigenvalue weighted by Crippen LogP contribution is -2.26. The number of carbonyl (C=O) groups excluding carboxylic acids is 1. The number of nitrogens with one attached hydrogen (secondary N) is 1. The Balaban J connectivity index is 1.91. The molecule has 3 aromatic heterocycles. The molecule has 0 atom stereocenters. The van der Waals surface area contributed by atoms with Gasteiger partial charge in [-0.2, -0.15) is 5.26 Å². The number of furan rings is 1. The summed E-state index contributed by atoms with van der Waals surface area (Å²) >= 11 is 1.14. The number of hydrogen-bond donors (Lipinski definition) is 1. The molecule has 0 spiro atoms. The van der Waals surface area contributed by atoms with E-state index in [0.717, 1.165) is 17.1 Å². The maximum Gasteiger partial charge on any atom is 0.348 e. The quantitative estimate of drug-likeness (QED) is 0.621. The summed E-state index contributed by atoms with van der Waals surface area (Å²) in [4.78, 5) is 34.5. The van der Waals surface area contributed by atoms with Crippen LogP contribution in [0, 0.1) is 18.3 Å². The number of nitrogens with zero attached hydrogens (tertiary/aromatic N) is 3. The summed E-state index contributed by atoms with van der Waals surface area (Å²) in [6.07, 6.45) is 1.94. The van der Waals surface area contributed by atoms with Gasteiger partial charge >= 0.3 is 5.97 Å². The van der Waals surface area contributed by atoms with E-state index in [4.69, 9.17) is 14.4 Å². The number of H-pyrrole nitrogens is 1. The Morgan fingerprint density at radius 3 is 2.96 bits per heavy atom. The van der Waals surface area contributed by atoms with Crippen molar-refractivity contribution in [3.63, 3.8) is 0 Å². The van der Waals surface area contributed by atoms with Gasteiger partial charge in [0, 0.05) is 13.0 Å². The number of fused-ring (bicyclic) bond motifs is 1. The summed E-state index contributed by atoms with van der Waals surface area (Å²) in [6.45, 7) is 3.05. The van der Waals surface area contributed by atoms with Gasteiger partial charge in [-0.1, -0.05) is 0 Å². The van der Waals surface area contributed by atoms with Crippen molar-refractivity contribution < 1.29 is 13.9 Å². The Hall–Kier alpha value is -2.96. The molecule has 0 amide bonds. The zero-order valence-electron chi connectivity index (χ0n) is 14.9. The van der Waals surface area contributed by atoms with Crippen LogP contribution >= 0.6 is 11.3 Å². The first-order valence-electron chi connectivity index (χ1n) is 8.25. The molecule has 3 rings (SSSR count). The van der Waals surface area contributed by atoms with E-state index in [1.807, 2.05) is 11.0 Å². The first-order valence-corrected chi connectivity index (χ1v) is 9.07. The fraction of sp³-hybridized carbons (Fsp3) is 0.333. The summed E-state index contributed by atoms with van der Waals surface area (Å²) < 4.78 is 10.1. The van der Waals surface area contributed by atoms with E-state index in [0.29, 0.717) is 52.5 Å². The minimum atomic E-state index is -0.482. The number of aromatic amines is 1. The van der Waals surface area contributed by atoms with Crippen LogP contribution in [0.1, 0.15) is 33.2 Å². The van der Waals surface area contributed by atoms with Crippen LogP contribution in [0.2, 0.25) is 0 Å². The van der Waals surface area contributed by atoms with E-state index >= 15 is 0 Å². The summed E-state index contributed by atoms with van der Waals surface area (Å²) in [5.74, 6) is 0.746. The zero-order valence-corrected chi connectivity index (χ0v) is 15.8. The van der Waals surface area contributed by atoms with Crippen LogP contribution < -0.4 is 5.56 Å². The molecule has 0 aliphatic heterocycles. The number of nitriles is 1. The van der Waals surface area contributed by atoms with Gasteiger partial charge in [-0.25, -0.2) is 9.78 Å². The standard InChI is InChI=1S/C18H18N4O4S/c1-11-14-16(23)20-13(21-17(14)27-15(11)18(24)25-2)10-22(7-4-6-19)9-12-5-3-8-26-12/h3,5,8H,4,7,9-10H2,1-2H3,(H,20,21,23). The molecular weight excluding hydrogens is 368 g/mol. The van der Waals surface area contributed by atoms with Crippen LogP contribution in [0.5, 0.6) is 0 Å². The van der Waals surface area contributed by atoms with Crippen molar-refractivity contribution in [2.24, 2.45) is 0 Å². The van der Waals surface area contributed by atoms with Crippen molar-refractivity contribution in [1.82, 2.24) is 14.9 Å². The van der Waals surface area contributed by atoms with Crippen LogP contribution in [0.3, 0.4) is 0 Å². The van der Waals surface area contributed by atoms with E-state index in [9.17, 15) is 9.59 Å². The molecule has 0 aromatic carbocycles. The largest absolute Gasteiger partial charge is 0.468 e. The molecule has 0 radical (unpaired) electrons. The third kappa shape index (κ3) is 4.07. The van der Waals surface area contributed by atoms with Crippen molar-refractivity contribution in [3.05, 3.63) is 50.8 Å².